The van der Waals surface area contributed by atoms with Crippen molar-refractivity contribution in [2.24, 2.45) is 0 Å². The third-order valence-corrected chi connectivity index (χ3v) is 4.12. The Labute approximate surface area is 100 Å². The lowest BCUT2D eigenvalue weighted by Gasteiger charge is -2.33. The van der Waals surface area contributed by atoms with Crippen molar-refractivity contribution >= 4 is 17.1 Å². The van der Waals surface area contributed by atoms with E-state index in [-0.39, 0.29) is 11.8 Å². The van der Waals surface area contributed by atoms with E-state index in [0.717, 1.165) is 26.2 Å². The SMILES string of the molecule is CC(=O)C(c1sccc1C)N1CCNCC1. The van der Waals surface area contributed by atoms with Gasteiger partial charge in [0.1, 0.15) is 6.04 Å². The smallest absolute Gasteiger partial charge is 0.152 e. The summed E-state index contributed by atoms with van der Waals surface area (Å²) in [7, 11) is 0. The molecule has 1 fully saturated rings. The Kier molecular flexibility index (Phi) is 3.74. The Morgan fingerprint density at radius 1 is 1.50 bits per heavy atom. The first kappa shape index (κ1) is 11.8. The van der Waals surface area contributed by atoms with E-state index in [0.29, 0.717) is 0 Å². The van der Waals surface area contributed by atoms with Crippen LogP contribution >= 0.6 is 11.3 Å². The fourth-order valence-electron chi connectivity index (χ4n) is 2.21. The standard InChI is InChI=1S/C12H18N2OS/c1-9-3-8-16-12(9)11(10(2)15)14-6-4-13-5-7-14/h3,8,11,13H,4-7H2,1-2H3. The van der Waals surface area contributed by atoms with Gasteiger partial charge in [-0.15, -0.1) is 11.3 Å². The van der Waals surface area contributed by atoms with Gasteiger partial charge < -0.3 is 5.32 Å². The highest BCUT2D eigenvalue weighted by Gasteiger charge is 2.27. The highest BCUT2D eigenvalue weighted by molar-refractivity contribution is 7.10. The summed E-state index contributed by atoms with van der Waals surface area (Å²) >= 11 is 1.70. The van der Waals surface area contributed by atoms with Crippen LogP contribution in [0.1, 0.15) is 23.4 Å². The Balaban J connectivity index is 2.23. The molecule has 88 valence electrons. The van der Waals surface area contributed by atoms with Gasteiger partial charge in [0.05, 0.1) is 0 Å². The van der Waals surface area contributed by atoms with Crippen LogP contribution in [0, 0.1) is 6.92 Å². The molecular formula is C12H18N2OS. The lowest BCUT2D eigenvalue weighted by atomic mass is 10.1. The van der Waals surface area contributed by atoms with Crippen molar-refractivity contribution in [2.75, 3.05) is 26.2 Å². The van der Waals surface area contributed by atoms with Gasteiger partial charge >= 0.3 is 0 Å². The van der Waals surface area contributed by atoms with Gasteiger partial charge in [0.15, 0.2) is 5.78 Å². The summed E-state index contributed by atoms with van der Waals surface area (Å²) in [6, 6.07) is 2.07. The molecule has 0 amide bonds. The summed E-state index contributed by atoms with van der Waals surface area (Å²) in [5, 5.41) is 5.39. The summed E-state index contributed by atoms with van der Waals surface area (Å²) in [5.74, 6) is 0.257. The molecule has 0 spiro atoms. The molecule has 0 aliphatic carbocycles. The second-order valence-electron chi connectivity index (χ2n) is 4.27. The molecule has 1 aromatic rings. The van der Waals surface area contributed by atoms with Crippen LogP contribution in [0.25, 0.3) is 0 Å². The number of thiophene rings is 1. The predicted molar refractivity (Wildman–Crippen MR) is 66.9 cm³/mol. The van der Waals surface area contributed by atoms with Gasteiger partial charge in [-0.2, -0.15) is 0 Å². The Morgan fingerprint density at radius 3 is 2.69 bits per heavy atom. The van der Waals surface area contributed by atoms with Gasteiger partial charge in [-0.25, -0.2) is 0 Å². The van der Waals surface area contributed by atoms with E-state index in [1.54, 1.807) is 18.3 Å². The predicted octanol–water partition coefficient (Wildman–Crippen LogP) is 1.59. The minimum atomic E-state index is -0.0258. The number of nitrogens with one attached hydrogen (secondary N) is 1. The fraction of sp³-hybridized carbons (Fsp3) is 0.583. The third kappa shape index (κ3) is 2.34. The van der Waals surface area contributed by atoms with Crippen LogP contribution in [0.3, 0.4) is 0 Å². The van der Waals surface area contributed by atoms with Crippen molar-refractivity contribution in [1.29, 1.82) is 0 Å². The monoisotopic (exact) mass is 238 g/mol. The van der Waals surface area contributed by atoms with E-state index in [1.165, 1.54) is 10.4 Å². The molecule has 16 heavy (non-hydrogen) atoms. The molecule has 2 rings (SSSR count). The summed E-state index contributed by atoms with van der Waals surface area (Å²) in [4.78, 5) is 15.3. The fourth-order valence-corrected chi connectivity index (χ4v) is 3.33. The van der Waals surface area contributed by atoms with Crippen LogP contribution in [-0.2, 0) is 4.79 Å². The zero-order valence-electron chi connectivity index (χ0n) is 9.82. The number of piperazine rings is 1. The van der Waals surface area contributed by atoms with E-state index >= 15 is 0 Å². The molecule has 0 radical (unpaired) electrons. The van der Waals surface area contributed by atoms with Crippen LogP contribution in [0.2, 0.25) is 0 Å². The van der Waals surface area contributed by atoms with Crippen LogP contribution < -0.4 is 5.32 Å². The van der Waals surface area contributed by atoms with Crippen molar-refractivity contribution in [1.82, 2.24) is 10.2 Å². The molecule has 0 aromatic carbocycles. The molecule has 1 saturated heterocycles. The zero-order valence-corrected chi connectivity index (χ0v) is 10.6. The average Bonchev–Trinajstić information content (AvgIpc) is 2.66. The topological polar surface area (TPSA) is 32.3 Å². The number of nitrogens with zero attached hydrogens (tertiary/aromatic N) is 1. The molecule has 3 nitrogen and oxygen atoms in total. The molecule has 1 aromatic heterocycles. The van der Waals surface area contributed by atoms with E-state index in [4.69, 9.17) is 0 Å². The minimum Gasteiger partial charge on any atom is -0.314 e. The van der Waals surface area contributed by atoms with E-state index in [2.05, 4.69) is 28.6 Å². The minimum absolute atomic E-state index is 0.0258. The molecule has 1 unspecified atom stereocenters. The van der Waals surface area contributed by atoms with Crippen molar-refractivity contribution in [2.45, 2.75) is 19.9 Å². The van der Waals surface area contributed by atoms with Gasteiger partial charge in [-0.1, -0.05) is 0 Å². The van der Waals surface area contributed by atoms with Crippen LogP contribution in [0.4, 0.5) is 0 Å². The number of rotatable bonds is 3. The van der Waals surface area contributed by atoms with Gasteiger partial charge in [0.2, 0.25) is 0 Å². The number of ketones is 1. The van der Waals surface area contributed by atoms with Crippen molar-refractivity contribution in [3.63, 3.8) is 0 Å². The number of Topliss-reactive ketones (excluding diaryl/α,β-unsaturated/α-hetero) is 1. The second kappa shape index (κ2) is 5.08. The molecule has 4 heteroatoms. The first-order valence-electron chi connectivity index (χ1n) is 5.69. The van der Waals surface area contributed by atoms with Gasteiger partial charge in [0, 0.05) is 31.1 Å². The first-order chi connectivity index (χ1) is 7.70. The van der Waals surface area contributed by atoms with E-state index in [9.17, 15) is 4.79 Å². The summed E-state index contributed by atoms with van der Waals surface area (Å²) < 4.78 is 0. The van der Waals surface area contributed by atoms with Gasteiger partial charge in [-0.3, -0.25) is 9.69 Å². The Morgan fingerprint density at radius 2 is 2.19 bits per heavy atom. The lowest BCUT2D eigenvalue weighted by molar-refractivity contribution is -0.122. The Hall–Kier alpha value is -0.710. The number of carbonyl (C=O) groups is 1. The highest BCUT2D eigenvalue weighted by atomic mass is 32.1. The highest BCUT2D eigenvalue weighted by Crippen LogP contribution is 2.29. The van der Waals surface area contributed by atoms with Crippen molar-refractivity contribution in [3.05, 3.63) is 21.9 Å². The van der Waals surface area contributed by atoms with Crippen LogP contribution in [-0.4, -0.2) is 36.9 Å². The normalized spacial score (nSPS) is 19.6. The molecule has 1 aliphatic rings. The molecule has 0 bridgehead atoms. The van der Waals surface area contributed by atoms with E-state index < -0.39 is 0 Å². The van der Waals surface area contributed by atoms with Crippen LogP contribution in [0.5, 0.6) is 0 Å². The van der Waals surface area contributed by atoms with Gasteiger partial charge in [0.25, 0.3) is 0 Å². The quantitative estimate of drug-likeness (QED) is 0.868. The average molecular weight is 238 g/mol. The van der Waals surface area contributed by atoms with Crippen molar-refractivity contribution < 1.29 is 4.79 Å². The molecular weight excluding hydrogens is 220 g/mol. The number of hydrogen-bond donors (Lipinski definition) is 1. The summed E-state index contributed by atoms with van der Waals surface area (Å²) in [6.45, 7) is 7.67. The summed E-state index contributed by atoms with van der Waals surface area (Å²) in [5.41, 5.74) is 1.24. The Bertz CT molecular complexity index is 369. The molecule has 1 atom stereocenters. The van der Waals surface area contributed by atoms with Gasteiger partial charge in [-0.05, 0) is 30.9 Å². The van der Waals surface area contributed by atoms with E-state index in [1.807, 2.05) is 0 Å². The number of aryl methyl sites for hydroxylation is 1. The second-order valence-corrected chi connectivity index (χ2v) is 5.21. The maximum absolute atomic E-state index is 11.8. The zero-order chi connectivity index (χ0) is 11.5. The van der Waals surface area contributed by atoms with Crippen molar-refractivity contribution in [3.8, 4) is 0 Å². The third-order valence-electron chi connectivity index (χ3n) is 3.05. The molecule has 2 heterocycles. The first-order valence-corrected chi connectivity index (χ1v) is 6.57. The molecule has 1 aliphatic heterocycles. The number of carbonyl (C=O) groups excluding carboxylic acids is 1. The van der Waals surface area contributed by atoms with Crippen LogP contribution in [0.15, 0.2) is 11.4 Å². The largest absolute Gasteiger partial charge is 0.314 e. The summed E-state index contributed by atoms with van der Waals surface area (Å²) in [6.07, 6.45) is 0. The number of hydrogen-bond acceptors (Lipinski definition) is 4. The molecule has 1 N–H and O–H groups in total. The maximum atomic E-state index is 11.8. The molecule has 0 saturated carbocycles. The lowest BCUT2D eigenvalue weighted by Crippen LogP contribution is -2.46. The maximum Gasteiger partial charge on any atom is 0.152 e.